The van der Waals surface area contributed by atoms with Gasteiger partial charge in [0.25, 0.3) is 0 Å². The summed E-state index contributed by atoms with van der Waals surface area (Å²) in [5.74, 6) is -0.557. The average Bonchev–Trinajstić information content (AvgIpc) is 2.37. The lowest BCUT2D eigenvalue weighted by atomic mass is 10.1. The Bertz CT molecular complexity index is 606. The quantitative estimate of drug-likeness (QED) is 0.871. The van der Waals surface area contributed by atoms with Crippen molar-refractivity contribution in [2.75, 3.05) is 0 Å². The number of hydrogen-bond donors (Lipinski definition) is 1. The molecule has 2 nitrogen and oxygen atoms in total. The van der Waals surface area contributed by atoms with Gasteiger partial charge in [0.05, 0.1) is 0 Å². The molecular weight excluding hydrogens is 272 g/mol. The van der Waals surface area contributed by atoms with E-state index in [2.05, 4.69) is 19.2 Å². The van der Waals surface area contributed by atoms with Crippen molar-refractivity contribution >= 4 is 0 Å². The van der Waals surface area contributed by atoms with Crippen molar-refractivity contribution in [3.8, 4) is 11.5 Å². The molecule has 0 unspecified atom stereocenters. The molecule has 1 N–H and O–H groups in total. The molecule has 0 aliphatic rings. The second kappa shape index (κ2) is 6.68. The van der Waals surface area contributed by atoms with Crippen LogP contribution in [0.5, 0.6) is 11.5 Å². The van der Waals surface area contributed by atoms with Gasteiger partial charge in [-0.15, -0.1) is 0 Å². The Hall–Kier alpha value is -1.94. The van der Waals surface area contributed by atoms with Crippen LogP contribution in [-0.2, 0) is 6.54 Å². The van der Waals surface area contributed by atoms with Gasteiger partial charge in [0.2, 0.25) is 0 Å². The molecule has 0 saturated carbocycles. The van der Waals surface area contributed by atoms with Crippen molar-refractivity contribution in [1.82, 2.24) is 5.32 Å². The standard InChI is InChI=1S/C17H19F2NO/c1-11(2)20-10-13-6-12(3)4-5-17(13)21-16-8-14(18)7-15(19)9-16/h4-9,11,20H,10H2,1-3H3. The molecule has 0 heterocycles. The van der Waals surface area contributed by atoms with Gasteiger partial charge in [0.1, 0.15) is 23.1 Å². The van der Waals surface area contributed by atoms with E-state index >= 15 is 0 Å². The van der Waals surface area contributed by atoms with E-state index in [1.165, 1.54) is 12.1 Å². The Balaban J connectivity index is 2.25. The van der Waals surface area contributed by atoms with Crippen molar-refractivity contribution in [3.05, 3.63) is 59.2 Å². The van der Waals surface area contributed by atoms with E-state index in [-0.39, 0.29) is 5.75 Å². The lowest BCUT2D eigenvalue weighted by Crippen LogP contribution is -2.22. The van der Waals surface area contributed by atoms with Gasteiger partial charge in [-0.2, -0.15) is 0 Å². The Morgan fingerprint density at radius 2 is 1.71 bits per heavy atom. The fourth-order valence-electron chi connectivity index (χ4n) is 1.97. The first-order valence-corrected chi connectivity index (χ1v) is 6.91. The van der Waals surface area contributed by atoms with Gasteiger partial charge in [-0.05, 0) is 13.0 Å². The van der Waals surface area contributed by atoms with Crippen molar-refractivity contribution < 1.29 is 13.5 Å². The third-order valence-corrected chi connectivity index (χ3v) is 2.98. The van der Waals surface area contributed by atoms with Crippen molar-refractivity contribution in [3.63, 3.8) is 0 Å². The molecule has 21 heavy (non-hydrogen) atoms. The van der Waals surface area contributed by atoms with Crippen LogP contribution in [0.25, 0.3) is 0 Å². The van der Waals surface area contributed by atoms with Crippen LogP contribution in [0, 0.1) is 18.6 Å². The molecule has 0 aliphatic carbocycles. The van der Waals surface area contributed by atoms with E-state index in [0.717, 1.165) is 17.2 Å². The van der Waals surface area contributed by atoms with Gasteiger partial charge in [0.15, 0.2) is 0 Å². The molecular formula is C17H19F2NO. The number of rotatable bonds is 5. The minimum absolute atomic E-state index is 0.155. The van der Waals surface area contributed by atoms with Crippen LogP contribution in [0.1, 0.15) is 25.0 Å². The maximum atomic E-state index is 13.2. The number of aryl methyl sites for hydroxylation is 1. The topological polar surface area (TPSA) is 21.3 Å². The normalized spacial score (nSPS) is 11.0. The summed E-state index contributed by atoms with van der Waals surface area (Å²) in [6.07, 6.45) is 0. The second-order valence-electron chi connectivity index (χ2n) is 5.35. The van der Waals surface area contributed by atoms with Gasteiger partial charge in [-0.25, -0.2) is 8.78 Å². The average molecular weight is 291 g/mol. The van der Waals surface area contributed by atoms with Crippen LogP contribution >= 0.6 is 0 Å². The van der Waals surface area contributed by atoms with Crippen molar-refractivity contribution in [2.45, 2.75) is 33.4 Å². The number of nitrogens with one attached hydrogen (secondary N) is 1. The number of ether oxygens (including phenoxy) is 1. The van der Waals surface area contributed by atoms with Gasteiger partial charge in [-0.1, -0.05) is 31.5 Å². The highest BCUT2D eigenvalue weighted by molar-refractivity contribution is 5.40. The summed E-state index contributed by atoms with van der Waals surface area (Å²) in [6, 6.07) is 9.22. The minimum atomic E-state index is -0.654. The second-order valence-corrected chi connectivity index (χ2v) is 5.35. The van der Waals surface area contributed by atoms with E-state index < -0.39 is 11.6 Å². The zero-order chi connectivity index (χ0) is 15.4. The number of hydrogen-bond acceptors (Lipinski definition) is 2. The highest BCUT2D eigenvalue weighted by Gasteiger charge is 2.08. The highest BCUT2D eigenvalue weighted by Crippen LogP contribution is 2.27. The maximum absolute atomic E-state index is 13.2. The lowest BCUT2D eigenvalue weighted by Gasteiger charge is -2.14. The molecule has 0 atom stereocenters. The van der Waals surface area contributed by atoms with Gasteiger partial charge >= 0.3 is 0 Å². The Morgan fingerprint density at radius 1 is 1.05 bits per heavy atom. The SMILES string of the molecule is Cc1ccc(Oc2cc(F)cc(F)c2)c(CNC(C)C)c1. The zero-order valence-corrected chi connectivity index (χ0v) is 12.4. The van der Waals surface area contributed by atoms with Crippen LogP contribution in [-0.4, -0.2) is 6.04 Å². The molecule has 0 amide bonds. The first kappa shape index (κ1) is 15.4. The zero-order valence-electron chi connectivity index (χ0n) is 12.4. The third-order valence-electron chi connectivity index (χ3n) is 2.98. The molecule has 0 aromatic heterocycles. The number of halogens is 2. The Labute approximate surface area is 123 Å². The molecule has 0 bridgehead atoms. The van der Waals surface area contributed by atoms with Gasteiger partial charge in [-0.3, -0.25) is 0 Å². The molecule has 2 rings (SSSR count). The number of benzene rings is 2. The summed E-state index contributed by atoms with van der Waals surface area (Å²) >= 11 is 0. The van der Waals surface area contributed by atoms with E-state index in [9.17, 15) is 8.78 Å². The van der Waals surface area contributed by atoms with E-state index in [1.807, 2.05) is 25.1 Å². The molecule has 0 radical (unpaired) electrons. The molecule has 112 valence electrons. The molecule has 0 aliphatic heterocycles. The molecule has 0 fully saturated rings. The summed E-state index contributed by atoms with van der Waals surface area (Å²) in [6.45, 7) is 6.73. The van der Waals surface area contributed by atoms with E-state index in [0.29, 0.717) is 18.3 Å². The predicted molar refractivity (Wildman–Crippen MR) is 79.6 cm³/mol. The highest BCUT2D eigenvalue weighted by atomic mass is 19.1. The summed E-state index contributed by atoms with van der Waals surface area (Å²) in [4.78, 5) is 0. The molecule has 0 spiro atoms. The molecule has 2 aromatic rings. The monoisotopic (exact) mass is 291 g/mol. The van der Waals surface area contributed by atoms with Gasteiger partial charge in [0, 0.05) is 36.3 Å². The van der Waals surface area contributed by atoms with E-state index in [1.54, 1.807) is 0 Å². The largest absolute Gasteiger partial charge is 0.457 e. The molecule has 2 aromatic carbocycles. The maximum Gasteiger partial charge on any atom is 0.133 e. The lowest BCUT2D eigenvalue weighted by molar-refractivity contribution is 0.457. The molecule has 0 saturated heterocycles. The van der Waals surface area contributed by atoms with Crippen molar-refractivity contribution in [1.29, 1.82) is 0 Å². The summed E-state index contributed by atoms with van der Waals surface area (Å²) in [5, 5.41) is 3.31. The van der Waals surface area contributed by atoms with E-state index in [4.69, 9.17) is 4.74 Å². The van der Waals surface area contributed by atoms with Crippen LogP contribution in [0.4, 0.5) is 8.78 Å². The fraction of sp³-hybridized carbons (Fsp3) is 0.294. The summed E-state index contributed by atoms with van der Waals surface area (Å²) in [7, 11) is 0. The fourth-order valence-corrected chi connectivity index (χ4v) is 1.97. The van der Waals surface area contributed by atoms with Gasteiger partial charge < -0.3 is 10.1 Å². The van der Waals surface area contributed by atoms with Crippen LogP contribution in [0.2, 0.25) is 0 Å². The summed E-state index contributed by atoms with van der Waals surface area (Å²) < 4.78 is 32.1. The predicted octanol–water partition coefficient (Wildman–Crippen LogP) is 4.56. The molecule has 4 heteroatoms. The van der Waals surface area contributed by atoms with Crippen LogP contribution in [0.15, 0.2) is 36.4 Å². The third kappa shape index (κ3) is 4.53. The first-order chi connectivity index (χ1) is 9.94. The van der Waals surface area contributed by atoms with Crippen LogP contribution in [0.3, 0.4) is 0 Å². The van der Waals surface area contributed by atoms with Crippen molar-refractivity contribution in [2.24, 2.45) is 0 Å². The Morgan fingerprint density at radius 3 is 2.33 bits per heavy atom. The smallest absolute Gasteiger partial charge is 0.133 e. The Kier molecular flexibility index (Phi) is 4.91. The van der Waals surface area contributed by atoms with Crippen LogP contribution < -0.4 is 10.1 Å². The minimum Gasteiger partial charge on any atom is -0.457 e. The first-order valence-electron chi connectivity index (χ1n) is 6.91. The summed E-state index contributed by atoms with van der Waals surface area (Å²) in [5.41, 5.74) is 2.06.